The summed E-state index contributed by atoms with van der Waals surface area (Å²) in [4.78, 5) is 22.6. The van der Waals surface area contributed by atoms with Crippen molar-refractivity contribution < 1.29 is 9.53 Å². The van der Waals surface area contributed by atoms with Gasteiger partial charge in [-0.25, -0.2) is 4.98 Å². The standard InChI is InChI=1S/C25H33N3O2S.ClH/c1-7-27(8-2)15-16-28(24(29)20-10-12-21(13-11-20)30-17(3)4)25-26-23-19(6)18(5)9-14-22(23)31-25;/h9-14,17H,7-8,15-16H2,1-6H3;1H. The molecule has 32 heavy (non-hydrogen) atoms. The van der Waals surface area contributed by atoms with Crippen LogP contribution < -0.4 is 9.64 Å². The number of fused-ring (bicyclic) bond motifs is 1. The third-order valence-electron chi connectivity index (χ3n) is 5.56. The topological polar surface area (TPSA) is 45.7 Å². The number of rotatable bonds is 9. The van der Waals surface area contributed by atoms with E-state index in [4.69, 9.17) is 9.72 Å². The highest BCUT2D eigenvalue weighted by Gasteiger charge is 2.22. The fourth-order valence-corrected chi connectivity index (χ4v) is 4.55. The van der Waals surface area contributed by atoms with Crippen molar-refractivity contribution in [1.29, 1.82) is 0 Å². The van der Waals surface area contributed by atoms with Crippen LogP contribution in [0.15, 0.2) is 36.4 Å². The van der Waals surface area contributed by atoms with Gasteiger partial charge in [0.15, 0.2) is 5.13 Å². The average Bonchev–Trinajstić information content (AvgIpc) is 3.18. The van der Waals surface area contributed by atoms with Crippen molar-refractivity contribution in [3.63, 3.8) is 0 Å². The van der Waals surface area contributed by atoms with Crippen LogP contribution in [0.4, 0.5) is 5.13 Å². The number of ether oxygens (including phenoxy) is 1. The van der Waals surface area contributed by atoms with Gasteiger partial charge in [-0.05, 0) is 82.2 Å². The lowest BCUT2D eigenvalue weighted by Gasteiger charge is -2.25. The average molecular weight is 476 g/mol. The maximum absolute atomic E-state index is 13.5. The van der Waals surface area contributed by atoms with E-state index >= 15 is 0 Å². The summed E-state index contributed by atoms with van der Waals surface area (Å²) in [5.41, 5.74) is 4.02. The van der Waals surface area contributed by atoms with Crippen molar-refractivity contribution >= 4 is 45.0 Å². The third-order valence-corrected chi connectivity index (χ3v) is 6.60. The van der Waals surface area contributed by atoms with Crippen molar-refractivity contribution in [2.75, 3.05) is 31.1 Å². The second-order valence-corrected chi connectivity index (χ2v) is 9.03. The van der Waals surface area contributed by atoms with Crippen molar-refractivity contribution in [2.45, 2.75) is 47.6 Å². The van der Waals surface area contributed by atoms with E-state index < -0.39 is 0 Å². The zero-order valence-corrected chi connectivity index (χ0v) is 21.5. The second-order valence-electron chi connectivity index (χ2n) is 8.03. The minimum absolute atomic E-state index is 0. The van der Waals surface area contributed by atoms with Crippen molar-refractivity contribution in [1.82, 2.24) is 9.88 Å². The minimum atomic E-state index is -0.0308. The van der Waals surface area contributed by atoms with Gasteiger partial charge in [-0.1, -0.05) is 31.3 Å². The Kier molecular flexibility index (Phi) is 9.49. The van der Waals surface area contributed by atoms with E-state index in [0.717, 1.165) is 40.7 Å². The van der Waals surface area contributed by atoms with Gasteiger partial charge in [-0.15, -0.1) is 12.4 Å². The number of aryl methyl sites for hydroxylation is 2. The van der Waals surface area contributed by atoms with Gasteiger partial charge >= 0.3 is 0 Å². The number of halogens is 1. The minimum Gasteiger partial charge on any atom is -0.491 e. The molecule has 0 saturated carbocycles. The number of amides is 1. The molecule has 1 aromatic heterocycles. The summed E-state index contributed by atoms with van der Waals surface area (Å²) in [5.74, 6) is 0.740. The number of aromatic nitrogens is 1. The maximum atomic E-state index is 13.5. The molecule has 174 valence electrons. The highest BCUT2D eigenvalue weighted by atomic mass is 35.5. The van der Waals surface area contributed by atoms with E-state index in [-0.39, 0.29) is 24.4 Å². The zero-order chi connectivity index (χ0) is 22.5. The SMILES string of the molecule is CCN(CC)CCN(C(=O)c1ccc(OC(C)C)cc1)c1nc2c(C)c(C)ccc2s1.Cl. The molecule has 0 bridgehead atoms. The molecule has 0 aliphatic carbocycles. The summed E-state index contributed by atoms with van der Waals surface area (Å²) in [7, 11) is 0. The number of carbonyl (C=O) groups excluding carboxylic acids is 1. The van der Waals surface area contributed by atoms with Gasteiger partial charge in [0.2, 0.25) is 0 Å². The number of thiazole rings is 1. The Balaban J connectivity index is 0.00000363. The Bertz CT molecular complexity index is 1030. The number of nitrogens with zero attached hydrogens (tertiary/aromatic N) is 3. The molecule has 1 heterocycles. The van der Waals surface area contributed by atoms with E-state index in [2.05, 4.69) is 44.7 Å². The molecule has 3 aromatic rings. The van der Waals surface area contributed by atoms with Crippen LogP contribution in [0.3, 0.4) is 0 Å². The highest BCUT2D eigenvalue weighted by Crippen LogP contribution is 2.32. The van der Waals surface area contributed by atoms with Crippen molar-refractivity contribution in [2.24, 2.45) is 0 Å². The lowest BCUT2D eigenvalue weighted by Crippen LogP contribution is -2.38. The molecule has 3 rings (SSSR count). The number of hydrogen-bond acceptors (Lipinski definition) is 5. The summed E-state index contributed by atoms with van der Waals surface area (Å²) in [5, 5.41) is 0.753. The molecule has 2 aromatic carbocycles. The number of benzene rings is 2. The molecular weight excluding hydrogens is 442 g/mol. The number of hydrogen-bond donors (Lipinski definition) is 0. The summed E-state index contributed by atoms with van der Waals surface area (Å²) >= 11 is 1.58. The van der Waals surface area contributed by atoms with Crippen LogP contribution in [-0.4, -0.2) is 48.1 Å². The Morgan fingerprint density at radius 2 is 1.69 bits per heavy atom. The van der Waals surface area contributed by atoms with Crippen LogP contribution in [0, 0.1) is 13.8 Å². The molecule has 0 unspecified atom stereocenters. The molecule has 5 nitrogen and oxygen atoms in total. The largest absolute Gasteiger partial charge is 0.491 e. The van der Waals surface area contributed by atoms with E-state index in [1.54, 1.807) is 11.3 Å². The molecule has 0 spiro atoms. The van der Waals surface area contributed by atoms with E-state index in [1.165, 1.54) is 11.1 Å². The van der Waals surface area contributed by atoms with Crippen LogP contribution in [0.5, 0.6) is 5.75 Å². The van der Waals surface area contributed by atoms with Crippen LogP contribution in [0.1, 0.15) is 49.2 Å². The van der Waals surface area contributed by atoms with E-state index in [1.807, 2.05) is 43.0 Å². The van der Waals surface area contributed by atoms with E-state index in [0.29, 0.717) is 12.1 Å². The van der Waals surface area contributed by atoms with Crippen LogP contribution in [0.2, 0.25) is 0 Å². The normalized spacial score (nSPS) is 11.1. The first-order valence-electron chi connectivity index (χ1n) is 11.0. The van der Waals surface area contributed by atoms with Crippen molar-refractivity contribution in [3.05, 3.63) is 53.1 Å². The van der Waals surface area contributed by atoms with Gasteiger partial charge in [0.05, 0.1) is 16.3 Å². The number of anilines is 1. The first kappa shape index (κ1) is 26.1. The van der Waals surface area contributed by atoms with Crippen LogP contribution in [-0.2, 0) is 0 Å². The van der Waals surface area contributed by atoms with Gasteiger partial charge in [-0.2, -0.15) is 0 Å². The summed E-state index contributed by atoms with van der Waals surface area (Å²) < 4.78 is 6.84. The first-order chi connectivity index (χ1) is 14.8. The molecular formula is C25H34ClN3O2S. The quantitative estimate of drug-likeness (QED) is 0.374. The second kappa shape index (κ2) is 11.6. The Morgan fingerprint density at radius 1 is 1.03 bits per heavy atom. The van der Waals surface area contributed by atoms with Gasteiger partial charge in [-0.3, -0.25) is 9.69 Å². The third kappa shape index (κ3) is 6.00. The number of carbonyl (C=O) groups is 1. The molecule has 0 N–H and O–H groups in total. The molecule has 7 heteroatoms. The molecule has 0 radical (unpaired) electrons. The fourth-order valence-electron chi connectivity index (χ4n) is 3.50. The molecule has 0 atom stereocenters. The predicted molar refractivity (Wildman–Crippen MR) is 138 cm³/mol. The van der Waals surface area contributed by atoms with Gasteiger partial charge < -0.3 is 9.64 Å². The van der Waals surface area contributed by atoms with Crippen LogP contribution >= 0.6 is 23.7 Å². The zero-order valence-electron chi connectivity index (χ0n) is 19.8. The maximum Gasteiger partial charge on any atom is 0.260 e. The Morgan fingerprint density at radius 3 is 2.28 bits per heavy atom. The monoisotopic (exact) mass is 475 g/mol. The molecule has 0 fully saturated rings. The first-order valence-corrected chi connectivity index (χ1v) is 11.8. The summed E-state index contributed by atoms with van der Waals surface area (Å²) in [6.07, 6.45) is 0.0987. The number of likely N-dealkylation sites (N-methyl/N-ethyl adjacent to an activating group) is 1. The Hall–Kier alpha value is -2.15. The molecule has 1 amide bonds. The lowest BCUT2D eigenvalue weighted by molar-refractivity contribution is 0.0983. The van der Waals surface area contributed by atoms with Gasteiger partial charge in [0, 0.05) is 18.7 Å². The van der Waals surface area contributed by atoms with Crippen LogP contribution in [0.25, 0.3) is 10.2 Å². The summed E-state index contributed by atoms with van der Waals surface area (Å²) in [6, 6.07) is 11.6. The Labute approximate surface area is 201 Å². The summed E-state index contributed by atoms with van der Waals surface area (Å²) in [6.45, 7) is 15.8. The van der Waals surface area contributed by atoms with Gasteiger partial charge in [0.1, 0.15) is 5.75 Å². The lowest BCUT2D eigenvalue weighted by atomic mass is 10.1. The van der Waals surface area contributed by atoms with Gasteiger partial charge in [0.25, 0.3) is 5.91 Å². The smallest absolute Gasteiger partial charge is 0.260 e. The van der Waals surface area contributed by atoms with Crippen molar-refractivity contribution in [3.8, 4) is 5.75 Å². The fraction of sp³-hybridized carbons (Fsp3) is 0.440. The van der Waals surface area contributed by atoms with E-state index in [9.17, 15) is 4.79 Å². The highest BCUT2D eigenvalue weighted by molar-refractivity contribution is 7.22. The molecule has 0 aliphatic rings. The molecule has 0 saturated heterocycles. The molecule has 0 aliphatic heterocycles. The predicted octanol–water partition coefficient (Wildman–Crippen LogP) is 6.11.